The summed E-state index contributed by atoms with van der Waals surface area (Å²) in [7, 11) is 0. The van der Waals surface area contributed by atoms with Crippen molar-refractivity contribution in [1.29, 1.82) is 0 Å². The number of para-hydroxylation sites is 1. The highest BCUT2D eigenvalue weighted by Gasteiger charge is 2.29. The largest absolute Gasteiger partial charge is 0.373 e. The van der Waals surface area contributed by atoms with E-state index in [0.29, 0.717) is 24.1 Å². The molecule has 0 radical (unpaired) electrons. The van der Waals surface area contributed by atoms with Gasteiger partial charge >= 0.3 is 0 Å². The summed E-state index contributed by atoms with van der Waals surface area (Å²) in [6.45, 7) is 3.67. The molecule has 3 aromatic rings. The Morgan fingerprint density at radius 2 is 2.21 bits per heavy atom. The van der Waals surface area contributed by atoms with Crippen molar-refractivity contribution in [2.75, 3.05) is 6.61 Å². The molecule has 0 saturated carbocycles. The number of carbonyl (C=O) groups is 1. The molecule has 2 aliphatic heterocycles. The van der Waals surface area contributed by atoms with E-state index in [2.05, 4.69) is 15.4 Å². The number of nitrogens with zero attached hydrogens (tertiary/aromatic N) is 4. The zero-order valence-corrected chi connectivity index (χ0v) is 16.9. The number of hydrogen-bond donors (Lipinski definition) is 1. The molecular formula is C21H22ClN5O2. The van der Waals surface area contributed by atoms with Crippen LogP contribution in [-0.2, 0) is 24.3 Å². The maximum absolute atomic E-state index is 12.9. The van der Waals surface area contributed by atoms with E-state index in [1.54, 1.807) is 6.20 Å². The summed E-state index contributed by atoms with van der Waals surface area (Å²) in [5, 5.41) is 8.28. The van der Waals surface area contributed by atoms with Crippen LogP contribution in [0.15, 0.2) is 30.6 Å². The number of aromatic nitrogens is 4. The van der Waals surface area contributed by atoms with Gasteiger partial charge in [0.2, 0.25) is 0 Å². The first-order valence-corrected chi connectivity index (χ1v) is 10.3. The minimum atomic E-state index is -0.278. The number of benzene rings is 1. The summed E-state index contributed by atoms with van der Waals surface area (Å²) in [4.78, 5) is 17.3. The zero-order valence-electron chi connectivity index (χ0n) is 16.2. The molecule has 1 amide bonds. The molecule has 4 heterocycles. The third kappa shape index (κ3) is 3.14. The van der Waals surface area contributed by atoms with E-state index in [0.717, 1.165) is 54.0 Å². The molecule has 7 nitrogen and oxygen atoms in total. The lowest BCUT2D eigenvalue weighted by molar-refractivity contribution is 0.0679. The van der Waals surface area contributed by atoms with Crippen molar-refractivity contribution in [3.63, 3.8) is 0 Å². The Morgan fingerprint density at radius 3 is 3.07 bits per heavy atom. The molecular weight excluding hydrogens is 390 g/mol. The number of imidazole rings is 1. The molecule has 0 fully saturated rings. The molecule has 0 unspecified atom stereocenters. The van der Waals surface area contributed by atoms with Gasteiger partial charge in [0.1, 0.15) is 0 Å². The normalized spacial score (nSPS) is 18.2. The van der Waals surface area contributed by atoms with Gasteiger partial charge in [0.25, 0.3) is 5.91 Å². The Labute approximate surface area is 173 Å². The highest BCUT2D eigenvalue weighted by molar-refractivity contribution is 6.32. The van der Waals surface area contributed by atoms with Gasteiger partial charge in [0.15, 0.2) is 5.82 Å². The minimum absolute atomic E-state index is 0.179. The fourth-order valence-corrected chi connectivity index (χ4v) is 4.53. The maximum Gasteiger partial charge on any atom is 0.287 e. The average molecular weight is 412 g/mol. The molecule has 8 heteroatoms. The summed E-state index contributed by atoms with van der Waals surface area (Å²) in [5.41, 5.74) is 4.85. The van der Waals surface area contributed by atoms with Gasteiger partial charge in [-0.2, -0.15) is 5.10 Å². The first-order chi connectivity index (χ1) is 14.1. The second-order valence-electron chi connectivity index (χ2n) is 7.59. The van der Waals surface area contributed by atoms with Crippen LogP contribution in [0.3, 0.4) is 0 Å². The van der Waals surface area contributed by atoms with Gasteiger partial charge < -0.3 is 14.6 Å². The van der Waals surface area contributed by atoms with Crippen LogP contribution in [0.25, 0.3) is 5.69 Å². The van der Waals surface area contributed by atoms with E-state index in [1.807, 2.05) is 40.6 Å². The third-order valence-electron chi connectivity index (χ3n) is 5.71. The Morgan fingerprint density at radius 1 is 1.31 bits per heavy atom. The van der Waals surface area contributed by atoms with Crippen molar-refractivity contribution >= 4 is 17.5 Å². The summed E-state index contributed by atoms with van der Waals surface area (Å²) < 4.78 is 9.64. The number of fused-ring (bicyclic) bond motifs is 2. The zero-order chi connectivity index (χ0) is 20.0. The predicted octanol–water partition coefficient (Wildman–Crippen LogP) is 3.37. The van der Waals surface area contributed by atoms with Crippen molar-refractivity contribution in [3.8, 4) is 5.69 Å². The molecule has 0 bridgehead atoms. The lowest BCUT2D eigenvalue weighted by Gasteiger charge is -2.25. The van der Waals surface area contributed by atoms with Gasteiger partial charge in [0, 0.05) is 24.0 Å². The molecule has 150 valence electrons. The van der Waals surface area contributed by atoms with Crippen LogP contribution >= 0.6 is 11.6 Å². The fourth-order valence-electron chi connectivity index (χ4n) is 4.23. The highest BCUT2D eigenvalue weighted by atomic mass is 35.5. The van der Waals surface area contributed by atoms with Crippen LogP contribution in [0.2, 0.25) is 5.02 Å². The Hall–Kier alpha value is -2.64. The van der Waals surface area contributed by atoms with Gasteiger partial charge in [0.05, 0.1) is 41.9 Å². The number of amides is 1. The van der Waals surface area contributed by atoms with Crippen LogP contribution in [0.4, 0.5) is 0 Å². The second-order valence-corrected chi connectivity index (χ2v) is 7.99. The quantitative estimate of drug-likeness (QED) is 0.717. The maximum atomic E-state index is 12.9. The molecule has 2 aliphatic rings. The van der Waals surface area contributed by atoms with Crippen molar-refractivity contribution in [2.24, 2.45) is 0 Å². The van der Waals surface area contributed by atoms with Gasteiger partial charge in [-0.3, -0.25) is 4.79 Å². The monoisotopic (exact) mass is 411 g/mol. The van der Waals surface area contributed by atoms with E-state index in [4.69, 9.17) is 16.3 Å². The summed E-state index contributed by atoms with van der Waals surface area (Å²) in [6.07, 6.45) is 6.81. The third-order valence-corrected chi connectivity index (χ3v) is 6.02. The Kier molecular flexibility index (Phi) is 4.64. The van der Waals surface area contributed by atoms with Gasteiger partial charge in [-0.1, -0.05) is 23.7 Å². The van der Waals surface area contributed by atoms with E-state index >= 15 is 0 Å². The molecule has 1 aromatic carbocycles. The number of rotatable bonds is 3. The average Bonchev–Trinajstić information content (AvgIpc) is 3.33. The van der Waals surface area contributed by atoms with Crippen molar-refractivity contribution in [1.82, 2.24) is 24.6 Å². The van der Waals surface area contributed by atoms with Crippen LogP contribution in [0.1, 0.15) is 52.0 Å². The fraction of sp³-hybridized carbons (Fsp3) is 0.381. The van der Waals surface area contributed by atoms with Crippen LogP contribution in [0.5, 0.6) is 0 Å². The number of nitrogens with one attached hydrogen (secondary N) is 1. The first kappa shape index (κ1) is 18.4. The van der Waals surface area contributed by atoms with Crippen molar-refractivity contribution in [2.45, 2.75) is 45.4 Å². The highest BCUT2D eigenvalue weighted by Crippen LogP contribution is 2.31. The summed E-state index contributed by atoms with van der Waals surface area (Å²) >= 11 is 6.44. The van der Waals surface area contributed by atoms with Gasteiger partial charge in [-0.25, -0.2) is 9.67 Å². The van der Waals surface area contributed by atoms with E-state index in [9.17, 15) is 4.79 Å². The number of aryl methyl sites for hydroxylation is 2. The minimum Gasteiger partial charge on any atom is -0.373 e. The standard InChI is InChI=1S/C21H22ClN5O2/c1-13-5-4-7-16(22)19(13)27-18-12-29-11-17(15(18)10-24-27)25-21(28)20-23-9-14-6-2-3-8-26(14)20/h4-5,7,9-10,17H,2-3,6,8,11-12H2,1H3,(H,25,28)/t17-/m0/s1. The lowest BCUT2D eigenvalue weighted by atomic mass is 10.1. The van der Waals surface area contributed by atoms with Crippen LogP contribution in [-0.4, -0.2) is 31.8 Å². The second kappa shape index (κ2) is 7.31. The smallest absolute Gasteiger partial charge is 0.287 e. The number of halogens is 1. The molecule has 1 atom stereocenters. The van der Waals surface area contributed by atoms with Crippen LogP contribution in [0, 0.1) is 6.92 Å². The molecule has 0 saturated heterocycles. The number of carbonyl (C=O) groups excluding carboxylic acids is 1. The molecule has 2 aromatic heterocycles. The van der Waals surface area contributed by atoms with Crippen molar-refractivity contribution < 1.29 is 9.53 Å². The van der Waals surface area contributed by atoms with E-state index in [1.165, 1.54) is 0 Å². The lowest BCUT2D eigenvalue weighted by Crippen LogP contribution is -2.36. The Balaban J connectivity index is 1.44. The molecule has 0 aliphatic carbocycles. The SMILES string of the molecule is Cc1cccc(Cl)c1-n1ncc2c1COC[C@@H]2NC(=O)c1ncc2n1CCCC2. The van der Waals surface area contributed by atoms with Crippen LogP contribution < -0.4 is 5.32 Å². The molecule has 29 heavy (non-hydrogen) atoms. The van der Waals surface area contributed by atoms with E-state index < -0.39 is 0 Å². The number of hydrogen-bond acceptors (Lipinski definition) is 4. The molecule has 1 N–H and O–H groups in total. The van der Waals surface area contributed by atoms with Gasteiger partial charge in [-0.15, -0.1) is 0 Å². The number of ether oxygens (including phenoxy) is 1. The van der Waals surface area contributed by atoms with Gasteiger partial charge in [-0.05, 0) is 37.8 Å². The first-order valence-electron chi connectivity index (χ1n) is 9.89. The van der Waals surface area contributed by atoms with E-state index in [-0.39, 0.29) is 11.9 Å². The summed E-state index contributed by atoms with van der Waals surface area (Å²) in [6, 6.07) is 5.49. The van der Waals surface area contributed by atoms with Crippen molar-refractivity contribution in [3.05, 3.63) is 64.0 Å². The molecule has 5 rings (SSSR count). The topological polar surface area (TPSA) is 74.0 Å². The summed E-state index contributed by atoms with van der Waals surface area (Å²) in [5.74, 6) is 0.294. The predicted molar refractivity (Wildman–Crippen MR) is 108 cm³/mol. The Bertz CT molecular complexity index is 1070. The molecule has 0 spiro atoms.